The van der Waals surface area contributed by atoms with Crippen LogP contribution in [0.4, 0.5) is 8.78 Å². The summed E-state index contributed by atoms with van der Waals surface area (Å²) in [5.41, 5.74) is 0. The van der Waals surface area contributed by atoms with Crippen molar-refractivity contribution in [2.45, 2.75) is 64.0 Å². The van der Waals surface area contributed by atoms with E-state index in [4.69, 9.17) is 5.11 Å². The van der Waals surface area contributed by atoms with Crippen molar-refractivity contribution in [2.24, 2.45) is 5.92 Å². The first kappa shape index (κ1) is 24.0. The van der Waals surface area contributed by atoms with Gasteiger partial charge in [-0.1, -0.05) is 26.0 Å². The highest BCUT2D eigenvalue weighted by atomic mass is 32.1. The van der Waals surface area contributed by atoms with Gasteiger partial charge in [-0.2, -0.15) is 8.78 Å². The Hall–Kier alpha value is -2.24. The lowest BCUT2D eigenvalue weighted by atomic mass is 9.99. The summed E-state index contributed by atoms with van der Waals surface area (Å²) >= 11 is 1.14. The monoisotopic (exact) mass is 439 g/mol. The maximum atomic E-state index is 14.0. The number of aliphatic hydroxyl groups excluding tert-OH is 1. The van der Waals surface area contributed by atoms with Gasteiger partial charge in [0, 0.05) is 30.7 Å². The Morgan fingerprint density at radius 3 is 2.80 bits per heavy atom. The van der Waals surface area contributed by atoms with Gasteiger partial charge in [0.25, 0.3) is 5.91 Å². The minimum absolute atomic E-state index is 0.136. The fourth-order valence-electron chi connectivity index (χ4n) is 3.22. The third kappa shape index (κ3) is 6.38. The molecule has 1 aromatic rings. The Labute approximate surface area is 179 Å². The number of carboxylic acid groups (broad SMARTS) is 1. The van der Waals surface area contributed by atoms with E-state index in [2.05, 4.69) is 11.8 Å². The number of aliphatic hydroxyl groups is 1. The van der Waals surface area contributed by atoms with E-state index in [-0.39, 0.29) is 17.3 Å². The van der Waals surface area contributed by atoms with Gasteiger partial charge < -0.3 is 15.1 Å². The van der Waals surface area contributed by atoms with Crippen LogP contribution in [-0.2, 0) is 11.2 Å². The standard InChI is InChI=1S/C22H27F2NO4S/c1-3-4-5-7-15(2)18(26)11-9-16-14-22(23,24)21(29)25(16)13-6-8-17-10-12-19(30-17)20(27)28/h9-12,15-16,18,26H,3,6-8,13-14H2,1-2H3,(H,27,28)/b11-9+/t15-,16+,18-/m1/s1. The molecule has 1 saturated heterocycles. The summed E-state index contributed by atoms with van der Waals surface area (Å²) in [5.74, 6) is 0.123. The van der Waals surface area contributed by atoms with Gasteiger partial charge in [-0.05, 0) is 30.9 Å². The van der Waals surface area contributed by atoms with E-state index in [9.17, 15) is 23.5 Å². The first-order valence-corrected chi connectivity index (χ1v) is 10.8. The molecule has 0 spiro atoms. The zero-order valence-electron chi connectivity index (χ0n) is 17.1. The molecule has 0 radical (unpaired) electrons. The average Bonchev–Trinajstić information content (AvgIpc) is 3.24. The van der Waals surface area contributed by atoms with Crippen LogP contribution in [0.15, 0.2) is 24.3 Å². The number of likely N-dealkylation sites (tertiary alicyclic amines) is 1. The predicted molar refractivity (Wildman–Crippen MR) is 112 cm³/mol. The van der Waals surface area contributed by atoms with Crippen LogP contribution in [-0.4, -0.2) is 51.6 Å². The molecule has 0 saturated carbocycles. The molecule has 0 aromatic carbocycles. The number of amides is 1. The number of hydrogen-bond acceptors (Lipinski definition) is 4. The number of aromatic carboxylic acids is 1. The molecule has 1 fully saturated rings. The number of nitrogens with zero attached hydrogens (tertiary/aromatic N) is 1. The predicted octanol–water partition coefficient (Wildman–Crippen LogP) is 3.97. The second kappa shape index (κ2) is 10.7. The van der Waals surface area contributed by atoms with Crippen molar-refractivity contribution in [3.8, 4) is 11.8 Å². The number of carboxylic acids is 1. The minimum Gasteiger partial charge on any atom is -0.477 e. The van der Waals surface area contributed by atoms with Crippen LogP contribution in [0.2, 0.25) is 0 Å². The first-order valence-electron chi connectivity index (χ1n) is 9.98. The lowest BCUT2D eigenvalue weighted by Crippen LogP contribution is -2.36. The van der Waals surface area contributed by atoms with Crippen molar-refractivity contribution in [1.29, 1.82) is 0 Å². The average molecular weight is 440 g/mol. The van der Waals surface area contributed by atoms with E-state index in [0.29, 0.717) is 19.3 Å². The highest BCUT2D eigenvalue weighted by Gasteiger charge is 2.52. The molecule has 1 amide bonds. The third-order valence-corrected chi connectivity index (χ3v) is 6.11. The van der Waals surface area contributed by atoms with E-state index < -0.39 is 36.4 Å². The summed E-state index contributed by atoms with van der Waals surface area (Å²) in [4.78, 5) is 25.3. The van der Waals surface area contributed by atoms with Gasteiger partial charge >= 0.3 is 11.9 Å². The van der Waals surface area contributed by atoms with E-state index in [1.807, 2.05) is 13.8 Å². The quantitative estimate of drug-likeness (QED) is 0.451. The van der Waals surface area contributed by atoms with Gasteiger partial charge in [0.1, 0.15) is 4.88 Å². The largest absolute Gasteiger partial charge is 0.477 e. The van der Waals surface area contributed by atoms with Crippen molar-refractivity contribution in [1.82, 2.24) is 4.90 Å². The van der Waals surface area contributed by atoms with Crippen LogP contribution >= 0.6 is 11.3 Å². The summed E-state index contributed by atoms with van der Waals surface area (Å²) in [6, 6.07) is 2.43. The van der Waals surface area contributed by atoms with Gasteiger partial charge in [-0.25, -0.2) is 4.79 Å². The molecule has 1 aromatic heterocycles. The van der Waals surface area contributed by atoms with E-state index in [0.717, 1.165) is 27.5 Å². The lowest BCUT2D eigenvalue weighted by Gasteiger charge is -2.22. The highest BCUT2D eigenvalue weighted by Crippen LogP contribution is 2.34. The zero-order valence-corrected chi connectivity index (χ0v) is 17.9. The maximum Gasteiger partial charge on any atom is 0.345 e. The summed E-state index contributed by atoms with van der Waals surface area (Å²) < 4.78 is 28.0. The fraction of sp³-hybridized carbons (Fsp3) is 0.545. The van der Waals surface area contributed by atoms with Crippen LogP contribution in [0.5, 0.6) is 0 Å². The Balaban J connectivity index is 1.97. The van der Waals surface area contributed by atoms with Gasteiger partial charge in [0.2, 0.25) is 0 Å². The molecule has 0 bridgehead atoms. The van der Waals surface area contributed by atoms with Crippen molar-refractivity contribution in [3.05, 3.63) is 34.0 Å². The van der Waals surface area contributed by atoms with Crippen molar-refractivity contribution in [3.63, 3.8) is 0 Å². The molecule has 2 heterocycles. The summed E-state index contributed by atoms with van der Waals surface area (Å²) in [6.07, 6.45) is 3.70. The smallest absolute Gasteiger partial charge is 0.345 e. The number of thiophene rings is 1. The van der Waals surface area contributed by atoms with Crippen LogP contribution in [0.3, 0.4) is 0 Å². The SMILES string of the molecule is CCC#CC[C@@H](C)[C@H](O)/C=C/[C@H]1CC(F)(F)C(=O)N1CCCc1ccc(C(=O)O)s1. The molecule has 164 valence electrons. The van der Waals surface area contributed by atoms with Crippen molar-refractivity contribution >= 4 is 23.2 Å². The normalized spacial score (nSPS) is 20.2. The van der Waals surface area contributed by atoms with Gasteiger partial charge in [0.05, 0.1) is 12.1 Å². The highest BCUT2D eigenvalue weighted by molar-refractivity contribution is 7.13. The Kier molecular flexibility index (Phi) is 8.56. The molecular formula is C22H27F2NO4S. The number of carbonyl (C=O) groups excluding carboxylic acids is 1. The van der Waals surface area contributed by atoms with Crippen LogP contribution in [0.25, 0.3) is 0 Å². The molecule has 0 unspecified atom stereocenters. The lowest BCUT2D eigenvalue weighted by molar-refractivity contribution is -0.148. The molecule has 1 aliphatic rings. The van der Waals surface area contributed by atoms with Gasteiger partial charge in [-0.3, -0.25) is 4.79 Å². The van der Waals surface area contributed by atoms with Crippen molar-refractivity contribution < 1.29 is 28.6 Å². The van der Waals surface area contributed by atoms with Gasteiger partial charge in [-0.15, -0.1) is 23.2 Å². The fourth-order valence-corrected chi connectivity index (χ4v) is 4.11. The first-order chi connectivity index (χ1) is 14.2. The Bertz CT molecular complexity index is 840. The zero-order chi connectivity index (χ0) is 22.3. The second-order valence-corrected chi connectivity index (χ2v) is 8.58. The maximum absolute atomic E-state index is 14.0. The van der Waals surface area contributed by atoms with Crippen LogP contribution < -0.4 is 0 Å². The molecule has 3 atom stereocenters. The number of carbonyl (C=O) groups is 2. The molecular weight excluding hydrogens is 412 g/mol. The van der Waals surface area contributed by atoms with Crippen LogP contribution in [0, 0.1) is 17.8 Å². The third-order valence-electron chi connectivity index (χ3n) is 4.97. The van der Waals surface area contributed by atoms with Crippen LogP contribution in [0.1, 0.15) is 54.1 Å². The van der Waals surface area contributed by atoms with E-state index in [1.165, 1.54) is 18.2 Å². The summed E-state index contributed by atoms with van der Waals surface area (Å²) in [7, 11) is 0. The van der Waals surface area contributed by atoms with Crippen molar-refractivity contribution in [2.75, 3.05) is 6.54 Å². The summed E-state index contributed by atoms with van der Waals surface area (Å²) in [5, 5.41) is 19.2. The molecule has 2 rings (SSSR count). The summed E-state index contributed by atoms with van der Waals surface area (Å²) in [6.45, 7) is 3.90. The number of hydrogen-bond donors (Lipinski definition) is 2. The molecule has 5 nitrogen and oxygen atoms in total. The molecule has 1 aliphatic heterocycles. The molecule has 0 aliphatic carbocycles. The minimum atomic E-state index is -3.42. The topological polar surface area (TPSA) is 77.8 Å². The number of alkyl halides is 2. The second-order valence-electron chi connectivity index (χ2n) is 7.41. The van der Waals surface area contributed by atoms with E-state index in [1.54, 1.807) is 6.07 Å². The number of halogens is 2. The van der Waals surface area contributed by atoms with Gasteiger partial charge in [0.15, 0.2) is 0 Å². The Morgan fingerprint density at radius 1 is 1.43 bits per heavy atom. The molecule has 30 heavy (non-hydrogen) atoms. The number of rotatable bonds is 9. The number of aryl methyl sites for hydroxylation is 1. The van der Waals surface area contributed by atoms with E-state index >= 15 is 0 Å². The Morgan fingerprint density at radius 2 is 2.17 bits per heavy atom. The molecule has 8 heteroatoms. The molecule has 2 N–H and O–H groups in total.